The summed E-state index contributed by atoms with van der Waals surface area (Å²) in [5.74, 6) is 1.03. The van der Waals surface area contributed by atoms with E-state index in [4.69, 9.17) is 18.9 Å². The van der Waals surface area contributed by atoms with Gasteiger partial charge in [-0.3, -0.25) is 0 Å². The fraction of sp³-hybridized carbons (Fsp3) is 0.486. The minimum absolute atomic E-state index is 0.133. The molecule has 1 aliphatic carbocycles. The van der Waals surface area contributed by atoms with E-state index < -0.39 is 5.60 Å². The molecular weight excluding hydrogens is 538 g/mol. The molecule has 1 aliphatic heterocycles. The highest BCUT2D eigenvalue weighted by molar-refractivity contribution is 5.68. The summed E-state index contributed by atoms with van der Waals surface area (Å²) in [7, 11) is 0. The number of fused-ring (bicyclic) bond motifs is 1. The van der Waals surface area contributed by atoms with Gasteiger partial charge in [-0.2, -0.15) is 0 Å². The summed E-state index contributed by atoms with van der Waals surface area (Å²) in [4.78, 5) is 14.7. The van der Waals surface area contributed by atoms with Crippen molar-refractivity contribution in [2.45, 2.75) is 90.1 Å². The molecule has 1 fully saturated rings. The van der Waals surface area contributed by atoms with Gasteiger partial charge in [0.2, 0.25) is 0 Å². The fourth-order valence-corrected chi connectivity index (χ4v) is 5.97. The van der Waals surface area contributed by atoms with E-state index in [1.807, 2.05) is 51.1 Å². The highest BCUT2D eigenvalue weighted by Gasteiger charge is 2.35. The number of hydrogen-bond acceptors (Lipinski definition) is 5. The molecule has 0 spiro atoms. The van der Waals surface area contributed by atoms with Gasteiger partial charge in [-0.25, -0.2) is 4.79 Å². The predicted molar refractivity (Wildman–Crippen MR) is 169 cm³/mol. The predicted octanol–water partition coefficient (Wildman–Crippen LogP) is 7.86. The minimum Gasteiger partial charge on any atom is -0.494 e. The summed E-state index contributed by atoms with van der Waals surface area (Å²) in [6, 6.07) is 25.4. The fourth-order valence-electron chi connectivity index (χ4n) is 5.97. The van der Waals surface area contributed by atoms with Gasteiger partial charge in [0.25, 0.3) is 0 Å². The van der Waals surface area contributed by atoms with Crippen LogP contribution in [0, 0.1) is 0 Å². The molecule has 3 aromatic rings. The van der Waals surface area contributed by atoms with Crippen LogP contribution in [0.5, 0.6) is 5.75 Å². The first-order chi connectivity index (χ1) is 20.8. The van der Waals surface area contributed by atoms with E-state index in [0.717, 1.165) is 25.0 Å². The molecular formula is C37H47NO5. The molecule has 1 saturated heterocycles. The summed E-state index contributed by atoms with van der Waals surface area (Å²) in [6.07, 6.45) is 6.10. The molecule has 1 amide bonds. The van der Waals surface area contributed by atoms with Crippen LogP contribution in [0.4, 0.5) is 4.79 Å². The van der Waals surface area contributed by atoms with Gasteiger partial charge in [0.15, 0.2) is 0 Å². The Morgan fingerprint density at radius 1 is 0.860 bits per heavy atom. The maximum Gasteiger partial charge on any atom is 0.410 e. The molecule has 5 rings (SSSR count). The zero-order valence-corrected chi connectivity index (χ0v) is 26.1. The monoisotopic (exact) mass is 585 g/mol. The highest BCUT2D eigenvalue weighted by Crippen LogP contribution is 2.33. The first-order valence-corrected chi connectivity index (χ1v) is 15.9. The van der Waals surface area contributed by atoms with Crippen molar-refractivity contribution in [2.24, 2.45) is 0 Å². The van der Waals surface area contributed by atoms with Gasteiger partial charge in [-0.05, 0) is 92.8 Å². The molecule has 1 heterocycles. The maximum absolute atomic E-state index is 12.9. The normalized spacial score (nSPS) is 18.6. The third kappa shape index (κ3) is 9.32. The lowest BCUT2D eigenvalue weighted by atomic mass is 9.87. The Balaban J connectivity index is 1.17. The van der Waals surface area contributed by atoms with E-state index in [1.54, 1.807) is 4.90 Å². The second kappa shape index (κ2) is 14.9. The molecule has 0 aromatic heterocycles. The number of amides is 1. The highest BCUT2D eigenvalue weighted by atomic mass is 16.6. The smallest absolute Gasteiger partial charge is 0.410 e. The van der Waals surface area contributed by atoms with Gasteiger partial charge in [0.1, 0.15) is 11.4 Å². The average Bonchev–Trinajstić information content (AvgIpc) is 3.01. The first-order valence-electron chi connectivity index (χ1n) is 15.9. The SMILES string of the molecule is CC(C)(C)OC(=O)N1CCC(c2ccc(OCCCOCc3ccccc3)cc2)C(OCc2ccc3c(c2)CCCC3)C1. The molecule has 0 radical (unpaired) electrons. The number of likely N-dealkylation sites (tertiary alicyclic amines) is 1. The Bertz CT molecular complexity index is 1300. The Hall–Kier alpha value is -3.35. The number of nitrogens with zero attached hydrogens (tertiary/aromatic N) is 1. The van der Waals surface area contributed by atoms with Crippen LogP contribution in [0.3, 0.4) is 0 Å². The number of benzene rings is 3. The topological polar surface area (TPSA) is 57.2 Å². The van der Waals surface area contributed by atoms with Crippen molar-refractivity contribution >= 4 is 6.09 Å². The van der Waals surface area contributed by atoms with Gasteiger partial charge in [0, 0.05) is 18.9 Å². The van der Waals surface area contributed by atoms with E-state index in [0.29, 0.717) is 39.5 Å². The molecule has 6 nitrogen and oxygen atoms in total. The lowest BCUT2D eigenvalue weighted by molar-refractivity contribution is -0.0359. The Morgan fingerprint density at radius 2 is 1.63 bits per heavy atom. The summed E-state index contributed by atoms with van der Waals surface area (Å²) in [5, 5.41) is 0. The van der Waals surface area contributed by atoms with Crippen molar-refractivity contribution in [3.63, 3.8) is 0 Å². The van der Waals surface area contributed by atoms with Gasteiger partial charge >= 0.3 is 6.09 Å². The Labute approximate surface area is 257 Å². The maximum atomic E-state index is 12.9. The van der Waals surface area contributed by atoms with E-state index in [2.05, 4.69) is 42.5 Å². The summed E-state index contributed by atoms with van der Waals surface area (Å²) < 4.78 is 24.1. The number of piperidine rings is 1. The molecule has 0 bridgehead atoms. The molecule has 43 heavy (non-hydrogen) atoms. The van der Waals surface area contributed by atoms with Crippen LogP contribution in [0.2, 0.25) is 0 Å². The second-order valence-corrected chi connectivity index (χ2v) is 12.8. The second-order valence-electron chi connectivity index (χ2n) is 12.8. The molecule has 6 heteroatoms. The third-order valence-electron chi connectivity index (χ3n) is 8.21. The molecule has 0 N–H and O–H groups in total. The van der Waals surface area contributed by atoms with Crippen LogP contribution in [0.1, 0.15) is 80.2 Å². The van der Waals surface area contributed by atoms with E-state index in [9.17, 15) is 4.79 Å². The van der Waals surface area contributed by atoms with Crippen LogP contribution in [-0.4, -0.2) is 49.0 Å². The third-order valence-corrected chi connectivity index (χ3v) is 8.21. The van der Waals surface area contributed by atoms with Crippen molar-refractivity contribution in [2.75, 3.05) is 26.3 Å². The standard InChI is InChI=1S/C37H47NO5/c1-37(2,3)43-36(39)38-21-20-34(35(25-38)42-27-29-14-15-30-12-7-8-13-32(30)24-29)31-16-18-33(19-17-31)41-23-9-22-40-26-28-10-5-4-6-11-28/h4-6,10-11,14-19,24,34-35H,7-9,12-13,20-23,25-27H2,1-3H3. The van der Waals surface area contributed by atoms with E-state index in [-0.39, 0.29) is 18.1 Å². The van der Waals surface area contributed by atoms with Crippen LogP contribution < -0.4 is 4.74 Å². The van der Waals surface area contributed by atoms with Crippen molar-refractivity contribution in [1.29, 1.82) is 0 Å². The number of rotatable bonds is 11. The van der Waals surface area contributed by atoms with Crippen LogP contribution in [0.15, 0.2) is 72.8 Å². The van der Waals surface area contributed by atoms with Gasteiger partial charge in [-0.1, -0.05) is 60.7 Å². The summed E-state index contributed by atoms with van der Waals surface area (Å²) in [5.41, 5.74) is 5.99. The van der Waals surface area contributed by atoms with E-state index >= 15 is 0 Å². The lowest BCUT2D eigenvalue weighted by Crippen LogP contribution is -2.48. The van der Waals surface area contributed by atoms with Crippen molar-refractivity contribution < 1.29 is 23.7 Å². The zero-order valence-electron chi connectivity index (χ0n) is 26.1. The van der Waals surface area contributed by atoms with Crippen LogP contribution >= 0.6 is 0 Å². The number of aryl methyl sites for hydroxylation is 2. The quantitative estimate of drug-likeness (QED) is 0.215. The van der Waals surface area contributed by atoms with Crippen molar-refractivity contribution in [3.05, 3.63) is 101 Å². The summed E-state index contributed by atoms with van der Waals surface area (Å²) in [6.45, 7) is 9.28. The average molecular weight is 586 g/mol. The molecule has 0 saturated carbocycles. The minimum atomic E-state index is -0.530. The molecule has 2 atom stereocenters. The zero-order chi connectivity index (χ0) is 30.1. The molecule has 230 valence electrons. The van der Waals surface area contributed by atoms with E-state index in [1.165, 1.54) is 47.1 Å². The Kier molecular flexibility index (Phi) is 10.8. The van der Waals surface area contributed by atoms with Crippen LogP contribution in [0.25, 0.3) is 0 Å². The van der Waals surface area contributed by atoms with Gasteiger partial charge in [-0.15, -0.1) is 0 Å². The molecule has 3 aromatic carbocycles. The van der Waals surface area contributed by atoms with Crippen LogP contribution in [-0.2, 0) is 40.3 Å². The number of carbonyl (C=O) groups is 1. The number of ether oxygens (including phenoxy) is 4. The lowest BCUT2D eigenvalue weighted by Gasteiger charge is -2.39. The van der Waals surface area contributed by atoms with Gasteiger partial charge < -0.3 is 23.8 Å². The largest absolute Gasteiger partial charge is 0.494 e. The van der Waals surface area contributed by atoms with Crippen molar-refractivity contribution in [3.8, 4) is 5.75 Å². The number of hydrogen-bond donors (Lipinski definition) is 0. The summed E-state index contributed by atoms with van der Waals surface area (Å²) >= 11 is 0. The van der Waals surface area contributed by atoms with Crippen molar-refractivity contribution in [1.82, 2.24) is 4.90 Å². The van der Waals surface area contributed by atoms with Gasteiger partial charge in [0.05, 0.1) is 39.1 Å². The Morgan fingerprint density at radius 3 is 2.40 bits per heavy atom. The molecule has 2 unspecified atom stereocenters. The first kappa shape index (κ1) is 31.1. The molecule has 2 aliphatic rings. The number of carbonyl (C=O) groups excluding carboxylic acids is 1.